The van der Waals surface area contributed by atoms with Gasteiger partial charge in [-0.2, -0.15) is 0 Å². The zero-order valence-electron chi connectivity index (χ0n) is 13.2. The van der Waals surface area contributed by atoms with Crippen molar-refractivity contribution >= 4 is 21.2 Å². The van der Waals surface area contributed by atoms with Gasteiger partial charge in [0.2, 0.25) is 0 Å². The first kappa shape index (κ1) is 17.7. The standard InChI is InChI=1S/C17H29O4P/c18-16(19)13-5-1-3-11(9-13)15(7-8-22)12-4-2-6-14(10-12)17(20)21/h11-15H,1-10,22H2,(H,18,19)(H,20,21). The third-order valence-corrected chi connectivity index (χ3v) is 6.17. The van der Waals surface area contributed by atoms with Crippen LogP contribution in [0.1, 0.15) is 57.8 Å². The van der Waals surface area contributed by atoms with Crippen LogP contribution in [0.25, 0.3) is 0 Å². The van der Waals surface area contributed by atoms with Crippen LogP contribution in [0.15, 0.2) is 0 Å². The zero-order valence-corrected chi connectivity index (χ0v) is 14.4. The predicted molar refractivity (Wildman–Crippen MR) is 88.9 cm³/mol. The van der Waals surface area contributed by atoms with Crippen molar-refractivity contribution in [1.29, 1.82) is 0 Å². The minimum atomic E-state index is -0.651. The molecule has 0 aromatic heterocycles. The predicted octanol–water partition coefficient (Wildman–Crippen LogP) is 3.65. The zero-order chi connectivity index (χ0) is 16.1. The van der Waals surface area contributed by atoms with Crippen molar-refractivity contribution in [1.82, 2.24) is 0 Å². The van der Waals surface area contributed by atoms with Crippen LogP contribution in [0.4, 0.5) is 0 Å². The van der Waals surface area contributed by atoms with E-state index in [2.05, 4.69) is 9.24 Å². The van der Waals surface area contributed by atoms with Crippen molar-refractivity contribution in [2.75, 3.05) is 6.16 Å². The Morgan fingerprint density at radius 2 is 1.36 bits per heavy atom. The van der Waals surface area contributed by atoms with E-state index in [0.717, 1.165) is 63.9 Å². The highest BCUT2D eigenvalue weighted by Crippen LogP contribution is 2.44. The van der Waals surface area contributed by atoms with E-state index in [9.17, 15) is 19.8 Å². The van der Waals surface area contributed by atoms with Crippen LogP contribution >= 0.6 is 9.24 Å². The Bertz CT molecular complexity index is 364. The Morgan fingerprint density at radius 3 is 1.73 bits per heavy atom. The lowest BCUT2D eigenvalue weighted by atomic mass is 9.65. The minimum absolute atomic E-state index is 0.190. The van der Waals surface area contributed by atoms with Gasteiger partial charge in [-0.1, -0.05) is 25.7 Å². The Kier molecular flexibility index (Phi) is 6.67. The van der Waals surface area contributed by atoms with E-state index in [0.29, 0.717) is 17.8 Å². The number of rotatable bonds is 6. The molecule has 2 fully saturated rings. The van der Waals surface area contributed by atoms with Crippen molar-refractivity contribution in [2.45, 2.75) is 57.8 Å². The molecule has 5 atom stereocenters. The Morgan fingerprint density at radius 1 is 0.909 bits per heavy atom. The van der Waals surface area contributed by atoms with E-state index in [-0.39, 0.29) is 11.8 Å². The number of hydrogen-bond acceptors (Lipinski definition) is 2. The van der Waals surface area contributed by atoms with Gasteiger partial charge in [0.15, 0.2) is 0 Å². The topological polar surface area (TPSA) is 74.6 Å². The SMILES string of the molecule is O=C(O)C1CCCC(C(CCP)C2CCCC(C(=O)O)C2)C1. The van der Waals surface area contributed by atoms with Gasteiger partial charge >= 0.3 is 11.9 Å². The molecule has 2 N–H and O–H groups in total. The van der Waals surface area contributed by atoms with Gasteiger partial charge < -0.3 is 10.2 Å². The summed E-state index contributed by atoms with van der Waals surface area (Å²) in [4.78, 5) is 22.6. The Hall–Kier alpha value is -0.630. The van der Waals surface area contributed by atoms with E-state index < -0.39 is 11.9 Å². The number of carbonyl (C=O) groups is 2. The van der Waals surface area contributed by atoms with E-state index in [4.69, 9.17) is 0 Å². The lowest BCUT2D eigenvalue weighted by Crippen LogP contribution is -2.34. The van der Waals surface area contributed by atoms with Crippen LogP contribution in [-0.4, -0.2) is 28.3 Å². The molecule has 2 saturated carbocycles. The second kappa shape index (κ2) is 8.29. The number of carboxylic acid groups (broad SMARTS) is 2. The van der Waals surface area contributed by atoms with Crippen molar-refractivity contribution in [3.63, 3.8) is 0 Å². The van der Waals surface area contributed by atoms with E-state index >= 15 is 0 Å². The summed E-state index contributed by atoms with van der Waals surface area (Å²) in [6.45, 7) is 0. The van der Waals surface area contributed by atoms with Crippen LogP contribution in [0.5, 0.6) is 0 Å². The van der Waals surface area contributed by atoms with E-state index in [1.165, 1.54) is 0 Å². The molecule has 2 rings (SSSR count). The normalized spacial score (nSPS) is 34.0. The van der Waals surface area contributed by atoms with Gasteiger partial charge in [-0.15, -0.1) is 9.24 Å². The van der Waals surface area contributed by atoms with Gasteiger partial charge in [0.25, 0.3) is 0 Å². The van der Waals surface area contributed by atoms with Crippen LogP contribution in [-0.2, 0) is 9.59 Å². The monoisotopic (exact) mass is 328 g/mol. The summed E-state index contributed by atoms with van der Waals surface area (Å²) in [6.07, 6.45) is 9.54. The summed E-state index contributed by atoms with van der Waals surface area (Å²) >= 11 is 0. The molecule has 22 heavy (non-hydrogen) atoms. The van der Waals surface area contributed by atoms with Crippen molar-refractivity contribution < 1.29 is 19.8 Å². The maximum atomic E-state index is 11.3. The molecule has 0 aromatic carbocycles. The average molecular weight is 328 g/mol. The fraction of sp³-hybridized carbons (Fsp3) is 0.882. The highest BCUT2D eigenvalue weighted by molar-refractivity contribution is 7.16. The quantitative estimate of drug-likeness (QED) is 0.730. The van der Waals surface area contributed by atoms with Gasteiger partial charge in [-0.05, 0) is 56.0 Å². The van der Waals surface area contributed by atoms with Crippen LogP contribution in [0.2, 0.25) is 0 Å². The van der Waals surface area contributed by atoms with Crippen LogP contribution in [0.3, 0.4) is 0 Å². The van der Waals surface area contributed by atoms with Gasteiger partial charge in [0.05, 0.1) is 11.8 Å². The molecular weight excluding hydrogens is 299 g/mol. The minimum Gasteiger partial charge on any atom is -0.481 e. The molecule has 0 aliphatic heterocycles. The highest BCUT2D eigenvalue weighted by Gasteiger charge is 2.38. The van der Waals surface area contributed by atoms with Crippen molar-refractivity contribution in [3.8, 4) is 0 Å². The van der Waals surface area contributed by atoms with Gasteiger partial charge in [0.1, 0.15) is 0 Å². The second-order valence-electron chi connectivity index (χ2n) is 7.16. The highest BCUT2D eigenvalue weighted by atomic mass is 31.0. The third kappa shape index (κ3) is 4.44. The molecule has 0 amide bonds. The fourth-order valence-electron chi connectivity index (χ4n) is 4.73. The fourth-order valence-corrected chi connectivity index (χ4v) is 5.12. The number of carboxylic acids is 2. The largest absolute Gasteiger partial charge is 0.481 e. The van der Waals surface area contributed by atoms with Crippen LogP contribution < -0.4 is 0 Å². The lowest BCUT2D eigenvalue weighted by molar-refractivity contribution is -0.143. The first-order chi connectivity index (χ1) is 10.5. The van der Waals surface area contributed by atoms with Crippen molar-refractivity contribution in [2.24, 2.45) is 29.6 Å². The van der Waals surface area contributed by atoms with Gasteiger partial charge in [-0.25, -0.2) is 0 Å². The summed E-state index contributed by atoms with van der Waals surface area (Å²) in [5, 5.41) is 18.6. The van der Waals surface area contributed by atoms with Gasteiger partial charge in [0, 0.05) is 0 Å². The molecule has 2 aliphatic rings. The summed E-state index contributed by atoms with van der Waals surface area (Å²) < 4.78 is 0. The van der Waals surface area contributed by atoms with E-state index in [1.807, 2.05) is 0 Å². The lowest BCUT2D eigenvalue weighted by Gasteiger charge is -2.40. The molecular formula is C17H29O4P. The molecule has 5 heteroatoms. The third-order valence-electron chi connectivity index (χ3n) is 5.84. The molecule has 0 heterocycles. The van der Waals surface area contributed by atoms with Crippen LogP contribution in [0, 0.1) is 29.6 Å². The second-order valence-corrected chi connectivity index (χ2v) is 7.74. The first-order valence-corrected chi connectivity index (χ1v) is 9.50. The molecule has 5 unspecified atom stereocenters. The molecule has 0 spiro atoms. The molecule has 126 valence electrons. The van der Waals surface area contributed by atoms with Gasteiger partial charge in [-0.3, -0.25) is 9.59 Å². The molecule has 2 aliphatic carbocycles. The Labute approximate surface area is 135 Å². The van der Waals surface area contributed by atoms with Crippen molar-refractivity contribution in [3.05, 3.63) is 0 Å². The summed E-state index contributed by atoms with van der Waals surface area (Å²) in [5.74, 6) is -0.250. The smallest absolute Gasteiger partial charge is 0.306 e. The summed E-state index contributed by atoms with van der Waals surface area (Å²) in [5.41, 5.74) is 0. The first-order valence-electron chi connectivity index (χ1n) is 8.68. The number of aliphatic carboxylic acids is 2. The molecule has 0 radical (unpaired) electrons. The molecule has 4 nitrogen and oxygen atoms in total. The average Bonchev–Trinajstić information content (AvgIpc) is 2.52. The van der Waals surface area contributed by atoms with E-state index in [1.54, 1.807) is 0 Å². The summed E-state index contributed by atoms with van der Waals surface area (Å²) in [6, 6.07) is 0. The Balaban J connectivity index is 2.04. The summed E-state index contributed by atoms with van der Waals surface area (Å²) in [7, 11) is 2.79. The number of hydrogen-bond donors (Lipinski definition) is 2. The maximum Gasteiger partial charge on any atom is 0.306 e. The maximum absolute atomic E-state index is 11.3. The molecule has 0 saturated heterocycles. The molecule has 0 bridgehead atoms. The molecule has 0 aromatic rings.